The summed E-state index contributed by atoms with van der Waals surface area (Å²) in [7, 11) is -0.717. The molecule has 1 heterocycles. The van der Waals surface area contributed by atoms with E-state index >= 15 is 0 Å². The quantitative estimate of drug-likeness (QED) is 0.329. The second kappa shape index (κ2) is 9.29. The molecule has 1 aromatic heterocycles. The van der Waals surface area contributed by atoms with Crippen molar-refractivity contribution in [3.05, 3.63) is 81.7 Å². The van der Waals surface area contributed by atoms with Crippen LogP contribution in [0.25, 0.3) is 10.1 Å². The van der Waals surface area contributed by atoms with Gasteiger partial charge in [-0.05, 0) is 91.0 Å². The lowest BCUT2D eigenvalue weighted by Crippen LogP contribution is -2.26. The Kier molecular flexibility index (Phi) is 6.58. The topological polar surface area (TPSA) is 75.7 Å². The number of nitrogens with one attached hydrogen (secondary N) is 1. The van der Waals surface area contributed by atoms with Gasteiger partial charge in [-0.15, -0.1) is 11.3 Å². The summed E-state index contributed by atoms with van der Waals surface area (Å²) in [6.07, 6.45) is 0. The number of thiophene rings is 1. The van der Waals surface area contributed by atoms with Crippen molar-refractivity contribution in [1.29, 1.82) is 0 Å². The largest absolute Gasteiger partial charge is 0.496 e. The molecular weight excluding hydrogens is 492 g/mol. The highest BCUT2D eigenvalue weighted by Gasteiger charge is 2.23. The molecule has 0 aliphatic heterocycles. The first-order valence-electron chi connectivity index (χ1n) is 10.3. The molecule has 176 valence electrons. The van der Waals surface area contributed by atoms with Gasteiger partial charge >= 0.3 is 0 Å². The van der Waals surface area contributed by atoms with Crippen LogP contribution in [0.4, 0.5) is 11.4 Å². The maximum Gasteiger partial charge on any atom is 0.265 e. The van der Waals surface area contributed by atoms with Crippen LogP contribution in [0.5, 0.6) is 5.75 Å². The van der Waals surface area contributed by atoms with Crippen molar-refractivity contribution in [2.24, 2.45) is 0 Å². The van der Waals surface area contributed by atoms with E-state index in [9.17, 15) is 13.2 Å². The number of hydrogen-bond donors (Lipinski definition) is 1. The van der Waals surface area contributed by atoms with Gasteiger partial charge in [-0.3, -0.25) is 9.10 Å². The van der Waals surface area contributed by atoms with E-state index in [1.165, 1.54) is 28.8 Å². The monoisotopic (exact) mass is 514 g/mol. The number of sulfonamides is 1. The van der Waals surface area contributed by atoms with Crippen LogP contribution < -0.4 is 14.4 Å². The Balaban J connectivity index is 1.61. The van der Waals surface area contributed by atoms with Gasteiger partial charge in [-0.1, -0.05) is 11.6 Å². The van der Waals surface area contributed by atoms with Gasteiger partial charge in [0.2, 0.25) is 0 Å². The highest BCUT2D eigenvalue weighted by Crippen LogP contribution is 2.32. The molecule has 3 aromatic carbocycles. The number of methoxy groups -OCH3 is 1. The summed E-state index contributed by atoms with van der Waals surface area (Å²) >= 11 is 7.34. The Morgan fingerprint density at radius 2 is 1.76 bits per heavy atom. The molecule has 9 heteroatoms. The summed E-state index contributed by atoms with van der Waals surface area (Å²) < 4.78 is 33.8. The molecule has 0 aliphatic carbocycles. The highest BCUT2D eigenvalue weighted by atomic mass is 35.5. The number of carbonyl (C=O) groups excluding carboxylic acids is 1. The maximum atomic E-state index is 13.2. The molecule has 0 saturated heterocycles. The van der Waals surface area contributed by atoms with Crippen molar-refractivity contribution in [3.63, 3.8) is 0 Å². The first-order valence-corrected chi connectivity index (χ1v) is 13.0. The maximum absolute atomic E-state index is 13.2. The van der Waals surface area contributed by atoms with E-state index in [0.29, 0.717) is 27.0 Å². The van der Waals surface area contributed by atoms with Gasteiger partial charge < -0.3 is 10.1 Å². The molecule has 0 spiro atoms. The number of anilines is 2. The van der Waals surface area contributed by atoms with Gasteiger partial charge in [0.25, 0.3) is 15.9 Å². The number of halogens is 1. The molecule has 6 nitrogen and oxygen atoms in total. The number of nitrogens with zero attached hydrogens (tertiary/aromatic N) is 1. The van der Waals surface area contributed by atoms with Gasteiger partial charge in [-0.25, -0.2) is 8.42 Å². The van der Waals surface area contributed by atoms with E-state index in [-0.39, 0.29) is 10.8 Å². The first kappa shape index (κ1) is 24.1. The van der Waals surface area contributed by atoms with E-state index in [1.54, 1.807) is 62.6 Å². The fourth-order valence-corrected chi connectivity index (χ4v) is 6.04. The molecule has 0 fully saturated rings. The normalized spacial score (nSPS) is 11.4. The molecular formula is C25H23ClN2O4S2. The zero-order chi connectivity index (χ0) is 24.6. The Morgan fingerprint density at radius 3 is 2.44 bits per heavy atom. The summed E-state index contributed by atoms with van der Waals surface area (Å²) in [5, 5.41) is 4.30. The minimum Gasteiger partial charge on any atom is -0.496 e. The van der Waals surface area contributed by atoms with Crippen molar-refractivity contribution < 1.29 is 17.9 Å². The van der Waals surface area contributed by atoms with Gasteiger partial charge in [-0.2, -0.15) is 0 Å². The molecule has 0 aliphatic rings. The SMILES string of the molecule is COc1ccc(S(=O)(=O)N(C)c2ccc3sc(C(=O)Nc4ccc(Cl)cc4C)cc3c2)cc1C. The number of hydrogen-bond acceptors (Lipinski definition) is 5. The Bertz CT molecular complexity index is 1510. The average molecular weight is 515 g/mol. The molecule has 1 N–H and O–H groups in total. The number of rotatable bonds is 6. The fraction of sp³-hybridized carbons (Fsp3) is 0.160. The van der Waals surface area contributed by atoms with Gasteiger partial charge in [0.15, 0.2) is 0 Å². The van der Waals surface area contributed by atoms with E-state index < -0.39 is 10.0 Å². The Labute approximate surface area is 207 Å². The fourth-order valence-electron chi connectivity index (χ4n) is 3.60. The van der Waals surface area contributed by atoms with Crippen LogP contribution >= 0.6 is 22.9 Å². The minimum absolute atomic E-state index is 0.178. The van der Waals surface area contributed by atoms with E-state index in [0.717, 1.165) is 21.2 Å². The molecule has 1 amide bonds. The van der Waals surface area contributed by atoms with Crippen molar-refractivity contribution in [2.45, 2.75) is 18.7 Å². The van der Waals surface area contributed by atoms with Gasteiger partial charge in [0, 0.05) is 22.5 Å². The predicted octanol–water partition coefficient (Wildman–Crippen LogP) is 6.26. The number of aryl methyl sites for hydroxylation is 2. The van der Waals surface area contributed by atoms with Gasteiger partial charge in [0.05, 0.1) is 22.6 Å². The second-order valence-corrected chi connectivity index (χ2v) is 11.3. The lowest BCUT2D eigenvalue weighted by molar-refractivity contribution is 0.103. The number of carbonyl (C=O) groups is 1. The highest BCUT2D eigenvalue weighted by molar-refractivity contribution is 7.92. The molecule has 4 aromatic rings. The Hall–Kier alpha value is -3.07. The molecule has 34 heavy (non-hydrogen) atoms. The third kappa shape index (κ3) is 4.61. The van der Waals surface area contributed by atoms with Crippen molar-refractivity contribution in [3.8, 4) is 5.75 Å². The van der Waals surface area contributed by atoms with Crippen molar-refractivity contribution in [2.75, 3.05) is 23.8 Å². The Morgan fingerprint density at radius 1 is 1.00 bits per heavy atom. The number of amides is 1. The van der Waals surface area contributed by atoms with E-state index in [1.807, 2.05) is 13.0 Å². The number of benzene rings is 3. The van der Waals surface area contributed by atoms with Crippen molar-refractivity contribution >= 4 is 60.3 Å². The zero-order valence-electron chi connectivity index (χ0n) is 19.0. The van der Waals surface area contributed by atoms with E-state index in [4.69, 9.17) is 16.3 Å². The molecule has 4 rings (SSSR count). The molecule has 0 unspecified atom stereocenters. The predicted molar refractivity (Wildman–Crippen MR) is 139 cm³/mol. The average Bonchev–Trinajstić information content (AvgIpc) is 3.24. The van der Waals surface area contributed by atoms with Gasteiger partial charge in [0.1, 0.15) is 5.75 Å². The summed E-state index contributed by atoms with van der Waals surface area (Å²) in [6, 6.07) is 17.1. The summed E-state index contributed by atoms with van der Waals surface area (Å²) in [4.78, 5) is 13.5. The lowest BCUT2D eigenvalue weighted by atomic mass is 10.2. The molecule has 0 atom stereocenters. The summed E-state index contributed by atoms with van der Waals surface area (Å²) in [5.41, 5.74) is 2.79. The van der Waals surface area contributed by atoms with Crippen LogP contribution in [0.15, 0.2) is 65.6 Å². The van der Waals surface area contributed by atoms with Crippen LogP contribution in [0.1, 0.15) is 20.8 Å². The molecule has 0 saturated carbocycles. The number of fused-ring (bicyclic) bond motifs is 1. The van der Waals surface area contributed by atoms with Crippen LogP contribution in [0, 0.1) is 13.8 Å². The van der Waals surface area contributed by atoms with E-state index in [2.05, 4.69) is 5.32 Å². The summed E-state index contributed by atoms with van der Waals surface area (Å²) in [5.74, 6) is 0.392. The third-order valence-corrected chi connectivity index (χ3v) is 8.68. The smallest absolute Gasteiger partial charge is 0.265 e. The zero-order valence-corrected chi connectivity index (χ0v) is 21.4. The minimum atomic E-state index is -3.78. The van der Waals surface area contributed by atoms with Crippen LogP contribution in [-0.2, 0) is 10.0 Å². The standard InChI is InChI=1S/C25H23ClN2O4S2/c1-15-11-18(26)5-8-21(15)27-25(29)24-14-17-13-19(6-10-23(17)33-24)28(3)34(30,31)20-7-9-22(32-4)16(2)12-20/h5-14H,1-4H3,(H,27,29). The summed E-state index contributed by atoms with van der Waals surface area (Å²) in [6.45, 7) is 3.67. The first-order chi connectivity index (χ1) is 16.1. The van der Waals surface area contributed by atoms with Crippen LogP contribution in [0.3, 0.4) is 0 Å². The molecule has 0 radical (unpaired) electrons. The third-order valence-electron chi connectivity index (χ3n) is 5.55. The van der Waals surface area contributed by atoms with Crippen molar-refractivity contribution in [1.82, 2.24) is 0 Å². The number of ether oxygens (including phenoxy) is 1. The molecule has 0 bridgehead atoms. The lowest BCUT2D eigenvalue weighted by Gasteiger charge is -2.20. The van der Waals surface area contributed by atoms with Crippen LogP contribution in [-0.4, -0.2) is 28.5 Å². The van der Waals surface area contributed by atoms with Crippen LogP contribution in [0.2, 0.25) is 5.02 Å². The second-order valence-electron chi connectivity index (χ2n) is 7.85.